The minimum atomic E-state index is -0.261. The van der Waals surface area contributed by atoms with Gasteiger partial charge in [-0.05, 0) is 24.5 Å². The fourth-order valence-corrected chi connectivity index (χ4v) is 3.69. The van der Waals surface area contributed by atoms with E-state index in [4.69, 9.17) is 4.42 Å². The van der Waals surface area contributed by atoms with Crippen LogP contribution in [0.15, 0.2) is 46.6 Å². The molecule has 2 aromatic heterocycles. The molecule has 0 bridgehead atoms. The van der Waals surface area contributed by atoms with Gasteiger partial charge in [0.2, 0.25) is 5.89 Å². The minimum Gasteiger partial charge on any atom is -0.443 e. The van der Waals surface area contributed by atoms with Crippen molar-refractivity contribution in [3.63, 3.8) is 0 Å². The van der Waals surface area contributed by atoms with Gasteiger partial charge < -0.3 is 9.32 Å². The van der Waals surface area contributed by atoms with Crippen molar-refractivity contribution in [2.45, 2.75) is 25.3 Å². The summed E-state index contributed by atoms with van der Waals surface area (Å²) in [6.07, 6.45) is 5.26. The number of carbonyl (C=O) groups excluding carboxylic acids is 1. The van der Waals surface area contributed by atoms with Crippen LogP contribution in [-0.4, -0.2) is 27.3 Å². The molecule has 0 unspecified atom stereocenters. The van der Waals surface area contributed by atoms with Gasteiger partial charge >= 0.3 is 0 Å². The Morgan fingerprint density at radius 2 is 2.24 bits per heavy atom. The summed E-state index contributed by atoms with van der Waals surface area (Å²) in [4.78, 5) is 23.3. The van der Waals surface area contributed by atoms with Gasteiger partial charge in [0, 0.05) is 13.0 Å². The van der Waals surface area contributed by atoms with Crippen molar-refractivity contribution < 1.29 is 13.6 Å². The number of thiazole rings is 1. The quantitative estimate of drug-likeness (QED) is 0.712. The Morgan fingerprint density at radius 1 is 1.36 bits per heavy atom. The van der Waals surface area contributed by atoms with Crippen molar-refractivity contribution in [2.75, 3.05) is 6.54 Å². The number of halogens is 1. The maximum Gasteiger partial charge on any atom is 0.266 e. The Labute approximate surface area is 148 Å². The Hall–Kier alpha value is -2.54. The third-order valence-electron chi connectivity index (χ3n) is 4.34. The lowest BCUT2D eigenvalue weighted by molar-refractivity contribution is 0.0719. The van der Waals surface area contributed by atoms with Crippen LogP contribution in [0.25, 0.3) is 0 Å². The molecule has 0 aliphatic carbocycles. The molecule has 3 heterocycles. The Balaban J connectivity index is 1.53. The Bertz CT molecular complexity index is 878. The predicted molar refractivity (Wildman–Crippen MR) is 90.8 cm³/mol. The average Bonchev–Trinajstić information content (AvgIpc) is 3.37. The molecule has 1 amide bonds. The first kappa shape index (κ1) is 16.0. The summed E-state index contributed by atoms with van der Waals surface area (Å²) in [5.74, 6) is 0.807. The van der Waals surface area contributed by atoms with Crippen LogP contribution in [0.3, 0.4) is 0 Å². The largest absolute Gasteiger partial charge is 0.443 e. The topological polar surface area (TPSA) is 59.2 Å². The lowest BCUT2D eigenvalue weighted by Gasteiger charge is -2.21. The molecule has 0 radical (unpaired) electrons. The van der Waals surface area contributed by atoms with Crippen LogP contribution in [-0.2, 0) is 6.42 Å². The summed E-state index contributed by atoms with van der Waals surface area (Å²) < 4.78 is 19.6. The molecule has 0 saturated carbocycles. The molecule has 25 heavy (non-hydrogen) atoms. The fraction of sp³-hybridized carbons (Fsp3) is 0.278. The molecule has 1 aliphatic rings. The SMILES string of the molecule is O=C(c1cncs1)N1CCC[C@@H]1c1ncc(Cc2ccccc2F)o1. The number of aromatic nitrogens is 2. The van der Waals surface area contributed by atoms with Gasteiger partial charge in [-0.2, -0.15) is 0 Å². The molecule has 1 aliphatic heterocycles. The molecular formula is C18H16FN3O2S. The lowest BCUT2D eigenvalue weighted by atomic mass is 10.1. The summed E-state index contributed by atoms with van der Waals surface area (Å²) in [7, 11) is 0. The second-order valence-electron chi connectivity index (χ2n) is 5.96. The Morgan fingerprint density at radius 3 is 3.04 bits per heavy atom. The fourth-order valence-electron chi connectivity index (χ4n) is 3.12. The van der Waals surface area contributed by atoms with E-state index in [1.54, 1.807) is 41.0 Å². The van der Waals surface area contributed by atoms with Crippen molar-refractivity contribution in [1.29, 1.82) is 0 Å². The van der Waals surface area contributed by atoms with Gasteiger partial charge in [0.15, 0.2) is 0 Å². The molecule has 7 heteroatoms. The molecule has 1 saturated heterocycles. The zero-order chi connectivity index (χ0) is 17.2. The van der Waals surface area contributed by atoms with E-state index in [-0.39, 0.29) is 17.8 Å². The van der Waals surface area contributed by atoms with E-state index in [2.05, 4.69) is 9.97 Å². The van der Waals surface area contributed by atoms with E-state index in [9.17, 15) is 9.18 Å². The maximum absolute atomic E-state index is 13.8. The van der Waals surface area contributed by atoms with Gasteiger partial charge in [-0.3, -0.25) is 9.78 Å². The predicted octanol–water partition coefficient (Wildman–Crippen LogP) is 3.84. The van der Waals surface area contributed by atoms with Gasteiger partial charge in [-0.1, -0.05) is 18.2 Å². The van der Waals surface area contributed by atoms with Crippen LogP contribution in [0.4, 0.5) is 4.39 Å². The molecule has 3 aromatic rings. The molecule has 1 aromatic carbocycles. The molecule has 1 atom stereocenters. The van der Waals surface area contributed by atoms with Gasteiger partial charge in [-0.15, -0.1) is 11.3 Å². The molecule has 4 rings (SSSR count). The van der Waals surface area contributed by atoms with Crippen LogP contribution in [0.1, 0.15) is 45.8 Å². The molecule has 1 fully saturated rings. The second-order valence-corrected chi connectivity index (χ2v) is 6.84. The number of hydrogen-bond acceptors (Lipinski definition) is 5. The highest BCUT2D eigenvalue weighted by Gasteiger charge is 2.34. The molecule has 0 spiro atoms. The smallest absolute Gasteiger partial charge is 0.266 e. The monoisotopic (exact) mass is 357 g/mol. The first-order valence-corrected chi connectivity index (χ1v) is 8.98. The van der Waals surface area contributed by atoms with Crippen molar-refractivity contribution in [3.8, 4) is 0 Å². The zero-order valence-electron chi connectivity index (χ0n) is 13.4. The minimum absolute atomic E-state index is 0.0427. The van der Waals surface area contributed by atoms with Gasteiger partial charge in [0.25, 0.3) is 5.91 Å². The maximum atomic E-state index is 13.8. The lowest BCUT2D eigenvalue weighted by Crippen LogP contribution is -2.30. The summed E-state index contributed by atoms with van der Waals surface area (Å²) in [6, 6.07) is 6.43. The van der Waals surface area contributed by atoms with E-state index in [0.29, 0.717) is 35.1 Å². The third kappa shape index (κ3) is 3.19. The van der Waals surface area contributed by atoms with E-state index in [1.165, 1.54) is 17.4 Å². The summed E-state index contributed by atoms with van der Waals surface area (Å²) in [6.45, 7) is 0.673. The van der Waals surface area contributed by atoms with Crippen LogP contribution < -0.4 is 0 Å². The Kier molecular flexibility index (Phi) is 4.31. The number of hydrogen-bond donors (Lipinski definition) is 0. The van der Waals surface area contributed by atoms with E-state index < -0.39 is 0 Å². The van der Waals surface area contributed by atoms with Gasteiger partial charge in [-0.25, -0.2) is 9.37 Å². The summed E-state index contributed by atoms with van der Waals surface area (Å²) in [5, 5.41) is 0. The molecule has 128 valence electrons. The number of oxazole rings is 1. The van der Waals surface area contributed by atoms with Gasteiger partial charge in [0.05, 0.1) is 17.9 Å². The van der Waals surface area contributed by atoms with Crippen molar-refractivity contribution >= 4 is 17.2 Å². The van der Waals surface area contributed by atoms with Crippen molar-refractivity contribution in [1.82, 2.24) is 14.9 Å². The average molecular weight is 357 g/mol. The normalized spacial score (nSPS) is 17.2. The number of amides is 1. The number of nitrogens with zero attached hydrogens (tertiary/aromatic N) is 3. The standard InChI is InChI=1S/C18H16FN3O2S/c19-14-5-2-1-4-12(14)8-13-9-21-17(24-13)15-6-3-7-22(15)18(23)16-10-20-11-25-16/h1-2,4-5,9-11,15H,3,6-8H2/t15-/m1/s1. The first-order valence-electron chi connectivity index (χ1n) is 8.10. The van der Waals surface area contributed by atoms with Crippen molar-refractivity contribution in [2.24, 2.45) is 0 Å². The number of carbonyl (C=O) groups is 1. The third-order valence-corrected chi connectivity index (χ3v) is 5.10. The summed E-state index contributed by atoms with van der Waals surface area (Å²) >= 11 is 1.33. The van der Waals surface area contributed by atoms with Crippen LogP contribution in [0.5, 0.6) is 0 Å². The van der Waals surface area contributed by atoms with Crippen LogP contribution >= 0.6 is 11.3 Å². The molecule has 0 N–H and O–H groups in total. The number of benzene rings is 1. The number of rotatable bonds is 4. The molecule has 5 nitrogen and oxygen atoms in total. The van der Waals surface area contributed by atoms with E-state index in [1.807, 2.05) is 0 Å². The second kappa shape index (κ2) is 6.76. The number of likely N-dealkylation sites (tertiary alicyclic amines) is 1. The van der Waals surface area contributed by atoms with E-state index >= 15 is 0 Å². The highest BCUT2D eigenvalue weighted by molar-refractivity contribution is 7.11. The van der Waals surface area contributed by atoms with E-state index in [0.717, 1.165) is 12.8 Å². The zero-order valence-corrected chi connectivity index (χ0v) is 14.2. The first-order chi connectivity index (χ1) is 12.2. The summed E-state index contributed by atoms with van der Waals surface area (Å²) in [5.41, 5.74) is 2.21. The van der Waals surface area contributed by atoms with Crippen LogP contribution in [0.2, 0.25) is 0 Å². The van der Waals surface area contributed by atoms with Crippen molar-refractivity contribution in [3.05, 3.63) is 70.1 Å². The molecular weight excluding hydrogens is 341 g/mol. The van der Waals surface area contributed by atoms with Crippen LogP contribution in [0, 0.1) is 5.82 Å². The highest BCUT2D eigenvalue weighted by Crippen LogP contribution is 2.33. The van der Waals surface area contributed by atoms with Gasteiger partial charge in [0.1, 0.15) is 22.5 Å². The highest BCUT2D eigenvalue weighted by atomic mass is 32.1.